The van der Waals surface area contributed by atoms with Crippen molar-refractivity contribution in [1.29, 1.82) is 0 Å². The monoisotopic (exact) mass is 604 g/mol. The van der Waals surface area contributed by atoms with Crippen molar-refractivity contribution in [3.8, 4) is 33.5 Å². The average Bonchev–Trinajstić information content (AvgIpc) is 3.34. The van der Waals surface area contributed by atoms with E-state index in [4.69, 9.17) is 4.98 Å². The van der Waals surface area contributed by atoms with E-state index in [-0.39, 0.29) is 11.6 Å². The first kappa shape index (κ1) is 27.5. The molecular weight excluding hydrogens is 571 g/mol. The van der Waals surface area contributed by atoms with Crippen LogP contribution in [0.15, 0.2) is 158 Å². The Hall–Kier alpha value is -5.80. The number of aromatic nitrogens is 1. The number of fused-ring (bicyclic) bond motifs is 4. The Kier molecular flexibility index (Phi) is 6.23. The molecule has 0 radical (unpaired) electrons. The molecule has 1 N–H and O–H groups in total. The Morgan fingerprint density at radius 2 is 1.23 bits per heavy atom. The quantitative estimate of drug-likeness (QED) is 0.198. The van der Waals surface area contributed by atoms with Gasteiger partial charge in [-0.1, -0.05) is 129 Å². The lowest BCUT2D eigenvalue weighted by molar-refractivity contribution is -0.531. The zero-order valence-electron chi connectivity index (χ0n) is 26.5. The molecule has 0 spiro atoms. The molecular formula is C44H34N3+. The second kappa shape index (κ2) is 10.6. The fourth-order valence-electron chi connectivity index (χ4n) is 7.59. The molecule has 0 bridgehead atoms. The molecule has 1 aliphatic carbocycles. The summed E-state index contributed by atoms with van der Waals surface area (Å²) in [5.41, 5.74) is 13.1. The van der Waals surface area contributed by atoms with Crippen LogP contribution >= 0.6 is 0 Å². The summed E-state index contributed by atoms with van der Waals surface area (Å²) < 4.78 is 2.37. The van der Waals surface area contributed by atoms with Crippen molar-refractivity contribution in [1.82, 2.24) is 10.3 Å². The molecule has 6 aromatic carbocycles. The van der Waals surface area contributed by atoms with Gasteiger partial charge in [-0.15, -0.1) is 0 Å². The fourth-order valence-corrected chi connectivity index (χ4v) is 7.59. The van der Waals surface area contributed by atoms with Gasteiger partial charge in [0, 0.05) is 16.5 Å². The topological polar surface area (TPSA) is 27.9 Å². The van der Waals surface area contributed by atoms with Crippen LogP contribution in [0.2, 0.25) is 0 Å². The number of para-hydroxylation sites is 1. The van der Waals surface area contributed by atoms with Crippen LogP contribution in [0.25, 0.3) is 44.3 Å². The molecule has 47 heavy (non-hydrogen) atoms. The van der Waals surface area contributed by atoms with E-state index in [0.29, 0.717) is 0 Å². The van der Waals surface area contributed by atoms with Crippen molar-refractivity contribution in [3.63, 3.8) is 0 Å². The zero-order valence-corrected chi connectivity index (χ0v) is 26.5. The third kappa shape index (κ3) is 4.34. The van der Waals surface area contributed by atoms with Crippen LogP contribution in [0.1, 0.15) is 42.4 Å². The van der Waals surface area contributed by atoms with Crippen LogP contribution in [-0.2, 0) is 5.41 Å². The molecule has 0 saturated carbocycles. The molecule has 1 unspecified atom stereocenters. The summed E-state index contributed by atoms with van der Waals surface area (Å²) in [5.74, 6) is 1.01. The number of amidine groups is 1. The van der Waals surface area contributed by atoms with E-state index in [1.165, 1.54) is 55.3 Å². The summed E-state index contributed by atoms with van der Waals surface area (Å²) in [6, 6.07) is 56.5. The lowest BCUT2D eigenvalue weighted by atomic mass is 9.81. The Morgan fingerprint density at radius 1 is 0.574 bits per heavy atom. The van der Waals surface area contributed by atoms with Crippen LogP contribution in [-0.4, -0.2) is 15.4 Å². The molecule has 0 saturated heterocycles. The normalized spacial score (nSPS) is 15.9. The maximum Gasteiger partial charge on any atom is 0.308 e. The number of nitrogens with one attached hydrogen (secondary N) is 1. The minimum absolute atomic E-state index is 0.00263. The molecule has 7 aromatic rings. The Bertz CT molecular complexity index is 2340. The molecule has 0 amide bonds. The van der Waals surface area contributed by atoms with Crippen molar-refractivity contribution >= 4 is 22.3 Å². The van der Waals surface area contributed by atoms with Crippen LogP contribution in [0, 0.1) is 0 Å². The summed E-state index contributed by atoms with van der Waals surface area (Å²) in [5, 5.41) is 6.27. The van der Waals surface area contributed by atoms with E-state index in [9.17, 15) is 0 Å². The van der Waals surface area contributed by atoms with Gasteiger partial charge in [-0.05, 0) is 86.6 Å². The van der Waals surface area contributed by atoms with Gasteiger partial charge in [0.05, 0.1) is 5.69 Å². The van der Waals surface area contributed by atoms with E-state index in [0.717, 1.165) is 22.9 Å². The molecule has 0 fully saturated rings. The number of pyridine rings is 1. The van der Waals surface area contributed by atoms with E-state index in [1.807, 2.05) is 0 Å². The highest BCUT2D eigenvalue weighted by Crippen LogP contribution is 2.54. The van der Waals surface area contributed by atoms with Gasteiger partial charge >= 0.3 is 5.84 Å². The minimum Gasteiger partial charge on any atom is -0.240 e. The zero-order chi connectivity index (χ0) is 31.5. The number of benzene rings is 6. The van der Waals surface area contributed by atoms with Crippen molar-refractivity contribution in [3.05, 3.63) is 180 Å². The maximum atomic E-state index is 5.43. The molecule has 1 aliphatic heterocycles. The summed E-state index contributed by atoms with van der Waals surface area (Å²) in [7, 11) is 0. The van der Waals surface area contributed by atoms with Crippen LogP contribution in [0.3, 0.4) is 0 Å². The lowest BCUT2D eigenvalue weighted by Gasteiger charge is -2.29. The molecule has 3 heteroatoms. The first-order valence-electron chi connectivity index (χ1n) is 16.3. The third-order valence-electron chi connectivity index (χ3n) is 9.98. The Morgan fingerprint density at radius 3 is 2.04 bits per heavy atom. The van der Waals surface area contributed by atoms with E-state index in [1.54, 1.807) is 0 Å². The largest absolute Gasteiger partial charge is 0.308 e. The predicted octanol–water partition coefficient (Wildman–Crippen LogP) is 10.3. The number of rotatable bonds is 5. The maximum absolute atomic E-state index is 5.43. The second-order valence-corrected chi connectivity index (χ2v) is 13.1. The van der Waals surface area contributed by atoms with Gasteiger partial charge in [0.25, 0.3) is 6.17 Å². The highest BCUT2D eigenvalue weighted by molar-refractivity contribution is 6.08. The van der Waals surface area contributed by atoms with Crippen LogP contribution in [0.5, 0.6) is 0 Å². The van der Waals surface area contributed by atoms with Crippen molar-refractivity contribution in [2.24, 2.45) is 0 Å². The van der Waals surface area contributed by atoms with Gasteiger partial charge in [-0.2, -0.15) is 4.58 Å². The summed E-state index contributed by atoms with van der Waals surface area (Å²) >= 11 is 0. The summed E-state index contributed by atoms with van der Waals surface area (Å²) in [6.07, 6.45) is -0.00263. The first-order valence-corrected chi connectivity index (χ1v) is 16.3. The first-order chi connectivity index (χ1) is 23.1. The van der Waals surface area contributed by atoms with E-state index in [2.05, 4.69) is 181 Å². The Balaban J connectivity index is 1.19. The van der Waals surface area contributed by atoms with Gasteiger partial charge in [0.1, 0.15) is 5.69 Å². The molecule has 224 valence electrons. The molecule has 2 heterocycles. The lowest BCUT2D eigenvalue weighted by Crippen LogP contribution is -2.51. The van der Waals surface area contributed by atoms with Crippen LogP contribution in [0.4, 0.5) is 5.69 Å². The SMILES string of the molecule is CC1(C)c2ccccc2-c2c1cc1ccccc1c2-c1cccc(C2=[N+](c3ccccc3)C(c3ccc(-c4ccccc4)cc3)N2)n1. The predicted molar refractivity (Wildman–Crippen MR) is 193 cm³/mol. The number of hydrogen-bond acceptors (Lipinski definition) is 2. The van der Waals surface area contributed by atoms with Gasteiger partial charge in [-0.3, -0.25) is 0 Å². The van der Waals surface area contributed by atoms with Gasteiger partial charge in [0.2, 0.25) is 0 Å². The number of nitrogens with zero attached hydrogens (tertiary/aromatic N) is 2. The minimum atomic E-state index is -0.0972. The van der Waals surface area contributed by atoms with Crippen molar-refractivity contribution in [2.45, 2.75) is 25.4 Å². The van der Waals surface area contributed by atoms with Crippen molar-refractivity contribution in [2.75, 3.05) is 0 Å². The number of hydrogen-bond donors (Lipinski definition) is 1. The van der Waals surface area contributed by atoms with Crippen LogP contribution < -0.4 is 5.32 Å². The van der Waals surface area contributed by atoms with Gasteiger partial charge in [-0.25, -0.2) is 10.3 Å². The molecule has 1 atom stereocenters. The van der Waals surface area contributed by atoms with Gasteiger partial charge in [0.15, 0.2) is 5.69 Å². The highest BCUT2D eigenvalue weighted by Gasteiger charge is 2.42. The summed E-state index contributed by atoms with van der Waals surface area (Å²) in [4.78, 5) is 5.43. The smallest absolute Gasteiger partial charge is 0.240 e. The Labute approximate surface area is 275 Å². The molecule has 2 aliphatic rings. The van der Waals surface area contributed by atoms with E-state index >= 15 is 0 Å². The van der Waals surface area contributed by atoms with Gasteiger partial charge < -0.3 is 0 Å². The standard InChI is InChI=1S/C44H33N3/c1-44(2)36-21-12-11-20-35(36)40-37(44)28-32-16-9-10-19-34(32)41(40)38-22-13-23-39(45-38)43-46-42(47(43)33-17-7-4-8-18-33)31-26-24-30(25-27-31)29-14-5-3-6-15-29/h3-28,42H,1-2H3/p+1. The fraction of sp³-hybridized carbons (Fsp3) is 0.0909. The third-order valence-corrected chi connectivity index (χ3v) is 9.98. The van der Waals surface area contributed by atoms with E-state index < -0.39 is 0 Å². The second-order valence-electron chi connectivity index (χ2n) is 13.1. The average molecular weight is 605 g/mol. The molecule has 9 rings (SSSR count). The van der Waals surface area contributed by atoms with Crippen molar-refractivity contribution < 1.29 is 4.58 Å². The highest BCUT2D eigenvalue weighted by atomic mass is 15.4. The molecule has 1 aromatic heterocycles. The molecule has 3 nitrogen and oxygen atoms in total. The summed E-state index contributed by atoms with van der Waals surface area (Å²) in [6.45, 7) is 4.69.